The molecule has 1 aliphatic carbocycles. The SMILES string of the molecule is CCOC(=O)C(F)(F)C1(O)CCCC(CC)CC1. The zero-order chi connectivity index (χ0) is 13.8. The molecular formula is C13H22F2O3. The maximum absolute atomic E-state index is 14.0. The summed E-state index contributed by atoms with van der Waals surface area (Å²) in [7, 11) is 0. The summed E-state index contributed by atoms with van der Waals surface area (Å²) in [6.07, 6.45) is 2.71. The summed E-state index contributed by atoms with van der Waals surface area (Å²) in [5, 5.41) is 10.1. The second kappa shape index (κ2) is 5.95. The van der Waals surface area contributed by atoms with Gasteiger partial charge in [-0.2, -0.15) is 8.78 Å². The van der Waals surface area contributed by atoms with Crippen molar-refractivity contribution >= 4 is 5.97 Å². The third-order valence-electron chi connectivity index (χ3n) is 3.86. The molecule has 106 valence electrons. The highest BCUT2D eigenvalue weighted by Crippen LogP contribution is 2.42. The van der Waals surface area contributed by atoms with Crippen LogP contribution in [0.2, 0.25) is 0 Å². The Labute approximate surface area is 107 Å². The van der Waals surface area contributed by atoms with Gasteiger partial charge in [0.2, 0.25) is 0 Å². The van der Waals surface area contributed by atoms with Crippen LogP contribution in [0.5, 0.6) is 0 Å². The Morgan fingerprint density at radius 2 is 2.06 bits per heavy atom. The molecule has 1 N–H and O–H groups in total. The Morgan fingerprint density at radius 3 is 2.61 bits per heavy atom. The molecule has 0 aromatic rings. The number of esters is 1. The van der Waals surface area contributed by atoms with Gasteiger partial charge < -0.3 is 9.84 Å². The van der Waals surface area contributed by atoms with Gasteiger partial charge in [-0.05, 0) is 32.1 Å². The number of aliphatic hydroxyl groups is 1. The predicted molar refractivity (Wildman–Crippen MR) is 63.4 cm³/mol. The monoisotopic (exact) mass is 264 g/mol. The normalized spacial score (nSPS) is 29.7. The number of carbonyl (C=O) groups excluding carboxylic acids is 1. The van der Waals surface area contributed by atoms with E-state index >= 15 is 0 Å². The number of rotatable bonds is 4. The average Bonchev–Trinajstić information content (AvgIpc) is 2.52. The standard InChI is InChI=1S/C13H22F2O3/c1-3-10-6-5-8-12(17,9-7-10)13(14,15)11(16)18-4-2/h10,17H,3-9H2,1-2H3. The molecule has 1 aliphatic rings. The number of carbonyl (C=O) groups is 1. The fraction of sp³-hybridized carbons (Fsp3) is 0.923. The fourth-order valence-corrected chi connectivity index (χ4v) is 2.53. The average molecular weight is 264 g/mol. The molecule has 5 heteroatoms. The fourth-order valence-electron chi connectivity index (χ4n) is 2.53. The van der Waals surface area contributed by atoms with Crippen LogP contribution in [0.25, 0.3) is 0 Å². The minimum absolute atomic E-state index is 0.0443. The molecule has 0 heterocycles. The van der Waals surface area contributed by atoms with Crippen molar-refractivity contribution in [2.24, 2.45) is 5.92 Å². The lowest BCUT2D eigenvalue weighted by Crippen LogP contribution is -2.53. The van der Waals surface area contributed by atoms with Crippen molar-refractivity contribution in [1.29, 1.82) is 0 Å². The summed E-state index contributed by atoms with van der Waals surface area (Å²) in [6.45, 7) is 3.37. The molecule has 0 amide bonds. The van der Waals surface area contributed by atoms with Crippen LogP contribution < -0.4 is 0 Å². The maximum Gasteiger partial charge on any atom is 0.380 e. The molecule has 2 atom stereocenters. The van der Waals surface area contributed by atoms with Gasteiger partial charge in [-0.15, -0.1) is 0 Å². The zero-order valence-corrected chi connectivity index (χ0v) is 11.0. The zero-order valence-electron chi connectivity index (χ0n) is 11.0. The molecule has 1 fully saturated rings. The Kier molecular flexibility index (Phi) is 5.08. The highest BCUT2D eigenvalue weighted by atomic mass is 19.3. The maximum atomic E-state index is 14.0. The Balaban J connectivity index is 2.81. The van der Waals surface area contributed by atoms with E-state index in [0.29, 0.717) is 18.8 Å². The van der Waals surface area contributed by atoms with Gasteiger partial charge in [0, 0.05) is 0 Å². The van der Waals surface area contributed by atoms with E-state index in [9.17, 15) is 18.7 Å². The van der Waals surface area contributed by atoms with Crippen LogP contribution in [0.1, 0.15) is 52.4 Å². The van der Waals surface area contributed by atoms with Gasteiger partial charge in [-0.25, -0.2) is 4.79 Å². The van der Waals surface area contributed by atoms with Crippen LogP contribution in [-0.2, 0) is 9.53 Å². The quantitative estimate of drug-likeness (QED) is 0.627. The molecule has 0 aliphatic heterocycles. The van der Waals surface area contributed by atoms with Crippen LogP contribution in [-0.4, -0.2) is 29.2 Å². The van der Waals surface area contributed by atoms with Gasteiger partial charge in [0.1, 0.15) is 5.60 Å². The lowest BCUT2D eigenvalue weighted by molar-refractivity contribution is -0.216. The second-order valence-corrected chi connectivity index (χ2v) is 5.03. The van der Waals surface area contributed by atoms with E-state index in [1.165, 1.54) is 6.92 Å². The van der Waals surface area contributed by atoms with E-state index < -0.39 is 17.5 Å². The van der Waals surface area contributed by atoms with Crippen LogP contribution >= 0.6 is 0 Å². The van der Waals surface area contributed by atoms with Gasteiger partial charge in [-0.1, -0.05) is 26.2 Å². The van der Waals surface area contributed by atoms with Crippen LogP contribution in [0.4, 0.5) is 8.78 Å². The van der Waals surface area contributed by atoms with Crippen molar-refractivity contribution in [2.75, 3.05) is 6.61 Å². The molecule has 0 bridgehead atoms. The summed E-state index contributed by atoms with van der Waals surface area (Å²) in [5.41, 5.74) is -2.25. The molecule has 0 aromatic heterocycles. The first kappa shape index (κ1) is 15.3. The first-order valence-corrected chi connectivity index (χ1v) is 6.64. The summed E-state index contributed by atoms with van der Waals surface area (Å²) in [4.78, 5) is 11.3. The molecular weight excluding hydrogens is 242 g/mol. The highest BCUT2D eigenvalue weighted by Gasteiger charge is 2.59. The molecule has 2 unspecified atom stereocenters. The molecule has 3 nitrogen and oxygen atoms in total. The van der Waals surface area contributed by atoms with Gasteiger partial charge in [0.25, 0.3) is 0 Å². The Morgan fingerprint density at radius 1 is 1.39 bits per heavy atom. The van der Waals surface area contributed by atoms with Gasteiger partial charge in [-0.3, -0.25) is 0 Å². The van der Waals surface area contributed by atoms with Crippen molar-refractivity contribution in [3.05, 3.63) is 0 Å². The smallest absolute Gasteiger partial charge is 0.380 e. The highest BCUT2D eigenvalue weighted by molar-refractivity contribution is 5.79. The van der Waals surface area contributed by atoms with Crippen molar-refractivity contribution in [3.8, 4) is 0 Å². The summed E-state index contributed by atoms with van der Waals surface area (Å²) in [5.74, 6) is -5.06. The summed E-state index contributed by atoms with van der Waals surface area (Å²) < 4.78 is 32.3. The molecule has 0 spiro atoms. The summed E-state index contributed by atoms with van der Waals surface area (Å²) in [6, 6.07) is 0. The van der Waals surface area contributed by atoms with Crippen LogP contribution in [0.3, 0.4) is 0 Å². The van der Waals surface area contributed by atoms with Crippen molar-refractivity contribution in [1.82, 2.24) is 0 Å². The lowest BCUT2D eigenvalue weighted by Gasteiger charge is -2.33. The number of alkyl halides is 2. The van der Waals surface area contributed by atoms with Crippen molar-refractivity contribution < 1.29 is 23.4 Å². The van der Waals surface area contributed by atoms with E-state index in [-0.39, 0.29) is 19.4 Å². The molecule has 18 heavy (non-hydrogen) atoms. The molecule has 1 saturated carbocycles. The number of hydrogen-bond donors (Lipinski definition) is 1. The van der Waals surface area contributed by atoms with Gasteiger partial charge in [0.15, 0.2) is 0 Å². The van der Waals surface area contributed by atoms with Gasteiger partial charge >= 0.3 is 11.9 Å². The first-order chi connectivity index (χ1) is 8.37. The van der Waals surface area contributed by atoms with E-state index in [0.717, 1.165) is 12.8 Å². The third-order valence-corrected chi connectivity index (χ3v) is 3.86. The van der Waals surface area contributed by atoms with Gasteiger partial charge in [0.05, 0.1) is 6.61 Å². The van der Waals surface area contributed by atoms with Crippen LogP contribution in [0, 0.1) is 5.92 Å². The summed E-state index contributed by atoms with van der Waals surface area (Å²) >= 11 is 0. The molecule has 1 rings (SSSR count). The third kappa shape index (κ3) is 2.99. The van der Waals surface area contributed by atoms with Crippen LogP contribution in [0.15, 0.2) is 0 Å². The van der Waals surface area contributed by atoms with E-state index in [1.54, 1.807) is 0 Å². The number of ether oxygens (including phenoxy) is 1. The van der Waals surface area contributed by atoms with E-state index in [4.69, 9.17) is 0 Å². The topological polar surface area (TPSA) is 46.5 Å². The molecule has 0 aromatic carbocycles. The first-order valence-electron chi connectivity index (χ1n) is 6.64. The Bertz CT molecular complexity index is 294. The predicted octanol–water partition coefficient (Wildman–Crippen LogP) is 2.91. The van der Waals surface area contributed by atoms with E-state index in [2.05, 4.69) is 4.74 Å². The molecule has 0 saturated heterocycles. The number of hydrogen-bond acceptors (Lipinski definition) is 3. The second-order valence-electron chi connectivity index (χ2n) is 5.03. The lowest BCUT2D eigenvalue weighted by atomic mass is 9.86. The largest absolute Gasteiger partial charge is 0.461 e. The Hall–Kier alpha value is -0.710. The van der Waals surface area contributed by atoms with E-state index in [1.807, 2.05) is 6.92 Å². The minimum Gasteiger partial charge on any atom is -0.461 e. The number of halogens is 2. The van der Waals surface area contributed by atoms with Crippen molar-refractivity contribution in [2.45, 2.75) is 63.9 Å². The molecule has 0 radical (unpaired) electrons. The van der Waals surface area contributed by atoms with Crippen molar-refractivity contribution in [3.63, 3.8) is 0 Å². The minimum atomic E-state index is -3.81.